The van der Waals surface area contributed by atoms with Crippen molar-refractivity contribution in [2.75, 3.05) is 25.2 Å². The van der Waals surface area contributed by atoms with Gasteiger partial charge >= 0.3 is 5.97 Å². The van der Waals surface area contributed by atoms with Crippen molar-refractivity contribution < 1.29 is 24.2 Å². The highest BCUT2D eigenvalue weighted by atomic mass is 16.5. The van der Waals surface area contributed by atoms with Crippen LogP contribution in [-0.2, 0) is 14.3 Å². The molecule has 0 saturated carbocycles. The second-order valence-corrected chi connectivity index (χ2v) is 4.54. The van der Waals surface area contributed by atoms with Gasteiger partial charge in [-0.1, -0.05) is 12.1 Å². The van der Waals surface area contributed by atoms with Crippen LogP contribution in [0.5, 0.6) is 5.75 Å². The average Bonchev–Trinajstić information content (AvgIpc) is 2.45. The maximum atomic E-state index is 12.1. The molecule has 0 radical (unpaired) electrons. The number of carboxylic acid groups (broad SMARTS) is 1. The van der Waals surface area contributed by atoms with Crippen LogP contribution >= 0.6 is 0 Å². The molecular weight excluding hydrogens is 262 g/mol. The number of aliphatic carboxylic acids is 1. The van der Waals surface area contributed by atoms with E-state index in [0.29, 0.717) is 24.5 Å². The van der Waals surface area contributed by atoms with E-state index in [9.17, 15) is 9.59 Å². The first-order valence-electron chi connectivity index (χ1n) is 6.38. The number of carbonyl (C=O) groups is 2. The summed E-state index contributed by atoms with van der Waals surface area (Å²) in [6.07, 6.45) is 0.339. The third kappa shape index (κ3) is 3.08. The van der Waals surface area contributed by atoms with Crippen LogP contribution in [0.25, 0.3) is 0 Å². The minimum absolute atomic E-state index is 0.00161. The highest BCUT2D eigenvalue weighted by Crippen LogP contribution is 2.31. The van der Waals surface area contributed by atoms with Crippen LogP contribution in [0, 0.1) is 0 Å². The van der Waals surface area contributed by atoms with E-state index < -0.39 is 5.97 Å². The van der Waals surface area contributed by atoms with Crippen molar-refractivity contribution in [3.05, 3.63) is 24.3 Å². The SMILES string of the molecule is COc1ccccc1N1C(=O)COCC1CCC(=O)O. The fourth-order valence-corrected chi connectivity index (χ4v) is 2.29. The number of amides is 1. The quantitative estimate of drug-likeness (QED) is 0.879. The van der Waals surface area contributed by atoms with Crippen LogP contribution in [-0.4, -0.2) is 43.3 Å². The molecule has 1 fully saturated rings. The van der Waals surface area contributed by atoms with E-state index in [1.807, 2.05) is 12.1 Å². The molecule has 1 saturated heterocycles. The number of anilines is 1. The zero-order valence-electron chi connectivity index (χ0n) is 11.2. The van der Waals surface area contributed by atoms with Crippen molar-refractivity contribution in [2.24, 2.45) is 0 Å². The number of methoxy groups -OCH3 is 1. The van der Waals surface area contributed by atoms with Crippen molar-refractivity contribution >= 4 is 17.6 Å². The number of ether oxygens (including phenoxy) is 2. The molecule has 1 aliphatic heterocycles. The molecule has 1 unspecified atom stereocenters. The van der Waals surface area contributed by atoms with Crippen LogP contribution in [0.15, 0.2) is 24.3 Å². The molecule has 1 N–H and O–H groups in total. The summed E-state index contributed by atoms with van der Waals surface area (Å²) in [5.74, 6) is -0.484. The van der Waals surface area contributed by atoms with Crippen molar-refractivity contribution in [3.63, 3.8) is 0 Å². The zero-order chi connectivity index (χ0) is 14.5. The summed E-state index contributed by atoms with van der Waals surface area (Å²) in [7, 11) is 1.54. The molecule has 20 heavy (non-hydrogen) atoms. The molecule has 1 heterocycles. The monoisotopic (exact) mass is 279 g/mol. The van der Waals surface area contributed by atoms with Gasteiger partial charge in [-0.3, -0.25) is 9.59 Å². The topological polar surface area (TPSA) is 76.1 Å². The molecule has 0 bridgehead atoms. The fourth-order valence-electron chi connectivity index (χ4n) is 2.29. The number of hydrogen-bond donors (Lipinski definition) is 1. The van der Waals surface area contributed by atoms with Gasteiger partial charge in [-0.15, -0.1) is 0 Å². The summed E-state index contributed by atoms with van der Waals surface area (Å²) in [6, 6.07) is 6.90. The molecule has 1 amide bonds. The molecule has 1 aliphatic rings. The van der Waals surface area contributed by atoms with E-state index in [4.69, 9.17) is 14.6 Å². The highest BCUT2D eigenvalue weighted by Gasteiger charge is 2.31. The first-order valence-corrected chi connectivity index (χ1v) is 6.38. The lowest BCUT2D eigenvalue weighted by molar-refractivity contribution is -0.138. The van der Waals surface area contributed by atoms with Gasteiger partial charge in [-0.25, -0.2) is 0 Å². The second-order valence-electron chi connectivity index (χ2n) is 4.54. The number of hydrogen-bond acceptors (Lipinski definition) is 4. The lowest BCUT2D eigenvalue weighted by Crippen LogP contribution is -2.50. The lowest BCUT2D eigenvalue weighted by atomic mass is 10.1. The minimum atomic E-state index is -0.886. The van der Waals surface area contributed by atoms with Crippen molar-refractivity contribution in [1.82, 2.24) is 0 Å². The Morgan fingerprint density at radius 1 is 1.50 bits per heavy atom. The van der Waals surface area contributed by atoms with Crippen LogP contribution in [0.2, 0.25) is 0 Å². The summed E-state index contributed by atoms with van der Waals surface area (Å²) in [4.78, 5) is 24.4. The van der Waals surface area contributed by atoms with E-state index in [2.05, 4.69) is 0 Å². The summed E-state index contributed by atoms with van der Waals surface area (Å²) < 4.78 is 10.5. The molecule has 1 aromatic carbocycles. The smallest absolute Gasteiger partial charge is 0.303 e. The molecule has 108 valence electrons. The standard InChI is InChI=1S/C14H17NO5/c1-19-12-5-3-2-4-11(12)15-10(6-7-14(17)18)8-20-9-13(15)16/h2-5,10H,6-9H2,1H3,(H,17,18). The summed E-state index contributed by atoms with van der Waals surface area (Å²) in [5, 5.41) is 8.80. The maximum Gasteiger partial charge on any atom is 0.303 e. The Morgan fingerprint density at radius 3 is 2.95 bits per heavy atom. The van der Waals surface area contributed by atoms with E-state index in [1.165, 1.54) is 7.11 Å². The first kappa shape index (κ1) is 14.3. The Hall–Kier alpha value is -2.08. The van der Waals surface area contributed by atoms with Crippen molar-refractivity contribution in [2.45, 2.75) is 18.9 Å². The predicted octanol–water partition coefficient (Wildman–Crippen LogP) is 1.29. The molecule has 0 aromatic heterocycles. The number of rotatable bonds is 5. The first-order chi connectivity index (χ1) is 9.63. The zero-order valence-corrected chi connectivity index (χ0v) is 11.2. The number of carbonyl (C=O) groups excluding carboxylic acids is 1. The van der Waals surface area contributed by atoms with Gasteiger partial charge in [-0.05, 0) is 18.6 Å². The molecule has 2 rings (SSSR count). The van der Waals surface area contributed by atoms with E-state index >= 15 is 0 Å². The molecule has 1 atom stereocenters. The van der Waals surface area contributed by atoms with Gasteiger partial charge in [-0.2, -0.15) is 0 Å². The number of carboxylic acids is 1. The van der Waals surface area contributed by atoms with Gasteiger partial charge in [0, 0.05) is 6.42 Å². The molecule has 6 nitrogen and oxygen atoms in total. The molecule has 0 spiro atoms. The van der Waals surface area contributed by atoms with Crippen LogP contribution < -0.4 is 9.64 Å². The highest BCUT2D eigenvalue weighted by molar-refractivity contribution is 5.97. The van der Waals surface area contributed by atoms with Gasteiger partial charge in [0.05, 0.1) is 25.4 Å². The van der Waals surface area contributed by atoms with Gasteiger partial charge in [0.25, 0.3) is 5.91 Å². The van der Waals surface area contributed by atoms with Gasteiger partial charge in [0.15, 0.2) is 0 Å². The number of morpholine rings is 1. The van der Waals surface area contributed by atoms with E-state index in [0.717, 1.165) is 0 Å². The molecule has 6 heteroatoms. The van der Waals surface area contributed by atoms with Crippen LogP contribution in [0.3, 0.4) is 0 Å². The van der Waals surface area contributed by atoms with Gasteiger partial charge in [0.2, 0.25) is 0 Å². The van der Waals surface area contributed by atoms with Crippen LogP contribution in [0.4, 0.5) is 5.69 Å². The van der Waals surface area contributed by atoms with E-state index in [1.54, 1.807) is 17.0 Å². The Morgan fingerprint density at radius 2 is 2.25 bits per heavy atom. The Kier molecular flexibility index (Phi) is 4.57. The Labute approximate surface area is 116 Å². The fraction of sp³-hybridized carbons (Fsp3) is 0.429. The summed E-state index contributed by atoms with van der Waals surface area (Å²) >= 11 is 0. The van der Waals surface area contributed by atoms with Gasteiger partial charge < -0.3 is 19.5 Å². The number of nitrogens with zero attached hydrogens (tertiary/aromatic N) is 1. The second kappa shape index (κ2) is 6.38. The predicted molar refractivity (Wildman–Crippen MR) is 72.0 cm³/mol. The molecule has 1 aromatic rings. The minimum Gasteiger partial charge on any atom is -0.495 e. The average molecular weight is 279 g/mol. The molecule has 0 aliphatic carbocycles. The van der Waals surface area contributed by atoms with E-state index in [-0.39, 0.29) is 25.0 Å². The summed E-state index contributed by atoms with van der Waals surface area (Å²) in [5.41, 5.74) is 0.652. The van der Waals surface area contributed by atoms with Crippen molar-refractivity contribution in [3.8, 4) is 5.75 Å². The number of para-hydroxylation sites is 2. The third-order valence-electron chi connectivity index (χ3n) is 3.21. The Balaban J connectivity index is 2.27. The lowest BCUT2D eigenvalue weighted by Gasteiger charge is -2.36. The largest absolute Gasteiger partial charge is 0.495 e. The third-order valence-corrected chi connectivity index (χ3v) is 3.21. The number of benzene rings is 1. The maximum absolute atomic E-state index is 12.1. The van der Waals surface area contributed by atoms with Gasteiger partial charge in [0.1, 0.15) is 12.4 Å². The summed E-state index contributed by atoms with van der Waals surface area (Å²) in [6.45, 7) is 0.332. The normalized spacial score (nSPS) is 18.9. The van der Waals surface area contributed by atoms with Crippen LogP contribution in [0.1, 0.15) is 12.8 Å². The van der Waals surface area contributed by atoms with Crippen molar-refractivity contribution in [1.29, 1.82) is 0 Å². The molecular formula is C14H17NO5. The Bertz CT molecular complexity index is 502.